The van der Waals surface area contributed by atoms with Gasteiger partial charge in [0, 0.05) is 18.7 Å². The molecular weight excluding hydrogens is 614 g/mol. The van der Waals surface area contributed by atoms with Crippen LogP contribution in [0.4, 0.5) is 16.2 Å². The van der Waals surface area contributed by atoms with Gasteiger partial charge in [0.15, 0.2) is 0 Å². The predicted molar refractivity (Wildman–Crippen MR) is 145 cm³/mol. The van der Waals surface area contributed by atoms with Crippen LogP contribution in [0.3, 0.4) is 0 Å². The molecule has 0 radical (unpaired) electrons. The van der Waals surface area contributed by atoms with Crippen LogP contribution in [0, 0.1) is 0 Å². The number of esters is 1. The second-order valence-electron chi connectivity index (χ2n) is 9.37. The maximum atomic E-state index is 12.9. The summed E-state index contributed by atoms with van der Waals surface area (Å²) in [6.45, 7) is 6.11. The van der Waals surface area contributed by atoms with Gasteiger partial charge in [-0.25, -0.2) is 4.79 Å². The third-order valence-corrected chi connectivity index (χ3v) is 7.13. The molecule has 0 bridgehead atoms. The number of methoxy groups -OCH3 is 1. The third kappa shape index (κ3) is 7.96. The van der Waals surface area contributed by atoms with E-state index < -0.39 is 23.6 Å². The summed E-state index contributed by atoms with van der Waals surface area (Å²) in [6, 6.07) is 6.27. The molecule has 1 aliphatic rings. The molecule has 37 heavy (non-hydrogen) atoms. The molecule has 0 aliphatic carbocycles. The summed E-state index contributed by atoms with van der Waals surface area (Å²) in [4.78, 5) is 54.1. The smallest absolute Gasteiger partial charge is 0.407 e. The standard InChI is InChI=1S/C24H29Br2N5O6/c1-24(2,3)37-23(35)28-14-7-8-31(12-14)18-9-13(21(33)27-11-19(32)36-4)5-6-16(18)30-22(34)17-10-15(25)20(26)29-17/h5-6,9-10,14,29H,7-8,11-12H2,1-4H3,(H,27,33)(H,28,35)(H,30,34)/t14-/m0/s1. The van der Waals surface area contributed by atoms with Crippen molar-refractivity contribution in [1.82, 2.24) is 15.6 Å². The maximum Gasteiger partial charge on any atom is 0.407 e. The number of aromatic nitrogens is 1. The summed E-state index contributed by atoms with van der Waals surface area (Å²) in [7, 11) is 1.24. The number of carbonyl (C=O) groups excluding carboxylic acids is 4. The van der Waals surface area contributed by atoms with E-state index in [0.717, 1.165) is 0 Å². The minimum Gasteiger partial charge on any atom is -0.468 e. The van der Waals surface area contributed by atoms with Gasteiger partial charge in [-0.05, 0) is 83.3 Å². The highest BCUT2D eigenvalue weighted by Crippen LogP contribution is 2.31. The van der Waals surface area contributed by atoms with Gasteiger partial charge in [0.2, 0.25) is 0 Å². The second kappa shape index (κ2) is 12.0. The number of nitrogens with zero attached hydrogens (tertiary/aromatic N) is 1. The SMILES string of the molecule is COC(=O)CNC(=O)c1ccc(NC(=O)c2cc(Br)c(Br)[nH]2)c(N2CC[C@H](NC(=O)OC(C)(C)C)C2)c1. The van der Waals surface area contributed by atoms with Gasteiger partial charge in [-0.3, -0.25) is 14.4 Å². The molecule has 200 valence electrons. The lowest BCUT2D eigenvalue weighted by Crippen LogP contribution is -2.40. The maximum absolute atomic E-state index is 12.9. The lowest BCUT2D eigenvalue weighted by atomic mass is 10.1. The van der Waals surface area contributed by atoms with E-state index in [1.165, 1.54) is 7.11 Å². The number of hydrogen-bond acceptors (Lipinski definition) is 7. The van der Waals surface area contributed by atoms with Crippen LogP contribution in [0.5, 0.6) is 0 Å². The Morgan fingerprint density at radius 2 is 1.86 bits per heavy atom. The van der Waals surface area contributed by atoms with Gasteiger partial charge in [-0.1, -0.05) is 0 Å². The molecule has 0 spiro atoms. The van der Waals surface area contributed by atoms with Crippen LogP contribution in [0.25, 0.3) is 0 Å². The number of carbonyl (C=O) groups is 4. The molecule has 1 aromatic carbocycles. The summed E-state index contributed by atoms with van der Waals surface area (Å²) in [6.07, 6.45) is 0.133. The van der Waals surface area contributed by atoms with Gasteiger partial charge in [0.1, 0.15) is 17.8 Å². The lowest BCUT2D eigenvalue weighted by molar-refractivity contribution is -0.139. The van der Waals surface area contributed by atoms with Gasteiger partial charge < -0.3 is 35.3 Å². The molecule has 2 heterocycles. The number of ether oxygens (including phenoxy) is 2. The van der Waals surface area contributed by atoms with Gasteiger partial charge in [-0.15, -0.1) is 0 Å². The number of rotatable bonds is 7. The van der Waals surface area contributed by atoms with E-state index in [-0.39, 0.29) is 18.5 Å². The van der Waals surface area contributed by atoms with Crippen molar-refractivity contribution in [3.63, 3.8) is 0 Å². The Labute approximate surface area is 231 Å². The van der Waals surface area contributed by atoms with Crippen molar-refractivity contribution in [2.45, 2.75) is 38.8 Å². The highest BCUT2D eigenvalue weighted by Gasteiger charge is 2.28. The molecule has 1 fully saturated rings. The average molecular weight is 643 g/mol. The van der Waals surface area contributed by atoms with Crippen molar-refractivity contribution in [1.29, 1.82) is 0 Å². The van der Waals surface area contributed by atoms with Crippen LogP contribution < -0.4 is 20.9 Å². The normalized spacial score (nSPS) is 15.2. The second-order valence-corrected chi connectivity index (χ2v) is 11.0. The molecule has 0 saturated carbocycles. The quantitative estimate of drug-likeness (QED) is 0.337. The number of halogens is 2. The van der Waals surface area contributed by atoms with E-state index >= 15 is 0 Å². The number of benzene rings is 1. The zero-order chi connectivity index (χ0) is 27.3. The number of amides is 3. The third-order valence-electron chi connectivity index (χ3n) is 5.35. The molecule has 0 unspecified atom stereocenters. The van der Waals surface area contributed by atoms with E-state index in [1.54, 1.807) is 45.0 Å². The van der Waals surface area contributed by atoms with Crippen LogP contribution in [0.1, 0.15) is 48.0 Å². The molecular formula is C24H29Br2N5O6. The summed E-state index contributed by atoms with van der Waals surface area (Å²) < 4.78 is 11.3. The van der Waals surface area contributed by atoms with Crippen molar-refractivity contribution in [2.75, 3.05) is 37.0 Å². The van der Waals surface area contributed by atoms with E-state index in [2.05, 4.69) is 57.5 Å². The Morgan fingerprint density at radius 3 is 2.49 bits per heavy atom. The van der Waals surface area contributed by atoms with Crippen molar-refractivity contribution < 1.29 is 28.7 Å². The molecule has 2 aromatic rings. The first-order valence-electron chi connectivity index (χ1n) is 11.4. The van der Waals surface area contributed by atoms with Crippen LogP contribution >= 0.6 is 31.9 Å². The fourth-order valence-electron chi connectivity index (χ4n) is 3.65. The predicted octanol–water partition coefficient (Wildman–Crippen LogP) is 3.80. The highest BCUT2D eigenvalue weighted by molar-refractivity contribution is 9.13. The zero-order valence-electron chi connectivity index (χ0n) is 20.9. The first-order valence-corrected chi connectivity index (χ1v) is 13.0. The highest BCUT2D eigenvalue weighted by atomic mass is 79.9. The molecule has 1 atom stereocenters. The largest absolute Gasteiger partial charge is 0.468 e. The molecule has 3 rings (SSSR count). The van der Waals surface area contributed by atoms with Crippen LogP contribution in [-0.2, 0) is 14.3 Å². The molecule has 1 aromatic heterocycles. The minimum atomic E-state index is -0.618. The fourth-order valence-corrected chi connectivity index (χ4v) is 4.31. The van der Waals surface area contributed by atoms with E-state index in [9.17, 15) is 19.2 Å². The molecule has 3 amide bonds. The molecule has 1 aliphatic heterocycles. The van der Waals surface area contributed by atoms with Crippen molar-refractivity contribution >= 4 is 67.1 Å². The monoisotopic (exact) mass is 641 g/mol. The summed E-state index contributed by atoms with van der Waals surface area (Å²) in [5.74, 6) is -1.42. The van der Waals surface area contributed by atoms with Crippen LogP contribution in [0.2, 0.25) is 0 Å². The van der Waals surface area contributed by atoms with Gasteiger partial charge in [0.05, 0.1) is 33.6 Å². The molecule has 1 saturated heterocycles. The number of nitrogens with one attached hydrogen (secondary N) is 4. The van der Waals surface area contributed by atoms with Gasteiger partial charge in [0.25, 0.3) is 11.8 Å². The minimum absolute atomic E-state index is 0.189. The topological polar surface area (TPSA) is 142 Å². The summed E-state index contributed by atoms with van der Waals surface area (Å²) in [5, 5.41) is 8.27. The van der Waals surface area contributed by atoms with E-state index in [0.29, 0.717) is 51.2 Å². The zero-order valence-corrected chi connectivity index (χ0v) is 24.0. The van der Waals surface area contributed by atoms with Gasteiger partial charge >= 0.3 is 12.1 Å². The van der Waals surface area contributed by atoms with Crippen molar-refractivity contribution in [3.05, 3.63) is 44.6 Å². The van der Waals surface area contributed by atoms with E-state index in [1.807, 2.05) is 4.90 Å². The Balaban J connectivity index is 1.82. The Kier molecular flexibility index (Phi) is 9.24. The number of H-pyrrole nitrogens is 1. The van der Waals surface area contributed by atoms with Crippen LogP contribution in [0.15, 0.2) is 33.3 Å². The first kappa shape index (κ1) is 28.5. The van der Waals surface area contributed by atoms with E-state index in [4.69, 9.17) is 4.74 Å². The molecule has 13 heteroatoms. The molecule has 11 nitrogen and oxygen atoms in total. The molecule has 4 N–H and O–H groups in total. The number of aromatic amines is 1. The summed E-state index contributed by atoms with van der Waals surface area (Å²) >= 11 is 6.67. The van der Waals surface area contributed by atoms with Crippen molar-refractivity contribution in [2.24, 2.45) is 0 Å². The number of alkyl carbamates (subject to hydrolysis) is 1. The lowest BCUT2D eigenvalue weighted by Gasteiger charge is -2.24. The Bertz CT molecular complexity index is 1170. The first-order chi connectivity index (χ1) is 17.4. The Hall–Kier alpha value is -3.06. The average Bonchev–Trinajstić information content (AvgIpc) is 3.42. The van der Waals surface area contributed by atoms with Gasteiger partial charge in [-0.2, -0.15) is 0 Å². The Morgan fingerprint density at radius 1 is 1.14 bits per heavy atom. The number of anilines is 2. The number of hydrogen-bond donors (Lipinski definition) is 4. The van der Waals surface area contributed by atoms with Crippen molar-refractivity contribution in [3.8, 4) is 0 Å². The fraction of sp³-hybridized carbons (Fsp3) is 0.417. The van der Waals surface area contributed by atoms with Crippen LogP contribution in [-0.4, -0.2) is 67.2 Å². The summed E-state index contributed by atoms with van der Waals surface area (Å²) in [5.41, 5.74) is 1.08.